The zero-order valence-electron chi connectivity index (χ0n) is 54.0. The first-order valence-corrected chi connectivity index (χ1v) is 29.8. The van der Waals surface area contributed by atoms with E-state index in [1.807, 2.05) is 48.5 Å². The normalized spacial score (nSPS) is 13.8. The van der Waals surface area contributed by atoms with Crippen molar-refractivity contribution in [2.24, 2.45) is 57.3 Å². The summed E-state index contributed by atoms with van der Waals surface area (Å²) in [5, 5.41) is 0. The lowest BCUT2D eigenvalue weighted by atomic mass is 10.3. The molecule has 0 bridgehead atoms. The molecule has 24 heteroatoms. The lowest BCUT2D eigenvalue weighted by Crippen LogP contribution is -2.26. The average molecular weight is 1180 g/mol. The van der Waals surface area contributed by atoms with E-state index >= 15 is 0 Å². The number of ether oxygens (including phenoxy) is 14. The molecule has 80 heavy (non-hydrogen) atoms. The molecule has 2 heterocycles. The van der Waals surface area contributed by atoms with Gasteiger partial charge in [-0.05, 0) is 171 Å². The lowest BCUT2D eigenvalue weighted by molar-refractivity contribution is -0.139. The lowest BCUT2D eigenvalue weighted by Gasteiger charge is -2.15. The molecule has 2 fully saturated rings. The minimum absolute atomic E-state index is 0.0139. The van der Waals surface area contributed by atoms with Gasteiger partial charge in [-0.3, -0.25) is 0 Å². The van der Waals surface area contributed by atoms with Crippen molar-refractivity contribution in [3.63, 3.8) is 0 Å². The van der Waals surface area contributed by atoms with Gasteiger partial charge in [0.25, 0.3) is 0 Å². The van der Waals surface area contributed by atoms with E-state index in [1.54, 1.807) is 28.4 Å². The van der Waals surface area contributed by atoms with E-state index in [0.29, 0.717) is 65.3 Å². The molecule has 2 aliphatic heterocycles. The summed E-state index contributed by atoms with van der Waals surface area (Å²) in [5.41, 5.74) is 52.3. The van der Waals surface area contributed by atoms with Crippen molar-refractivity contribution >= 4 is 0 Å². The van der Waals surface area contributed by atoms with E-state index in [4.69, 9.17) is 119 Å². The predicted octanol–water partition coefficient (Wildman–Crippen LogP) is 3.89. The van der Waals surface area contributed by atoms with Crippen molar-refractivity contribution < 1.29 is 66.3 Å². The molecule has 0 aromatic heterocycles. The van der Waals surface area contributed by atoms with E-state index in [9.17, 15) is 0 Å². The number of hydrogen-bond acceptors (Lipinski definition) is 24. The maximum atomic E-state index is 5.36. The molecule has 1 atom stereocenters. The quantitative estimate of drug-likeness (QED) is 0.0308. The van der Waals surface area contributed by atoms with Crippen molar-refractivity contribution in [1.29, 1.82) is 0 Å². The Labute approximate surface area is 491 Å². The van der Waals surface area contributed by atoms with Crippen LogP contribution in [0.2, 0.25) is 0 Å². The SMILES string of the molecule is CC(C)OCCCN.CC1(C)OCC(CN)O1.CCCCOCCCN.CCCOCCCN.CCOC(CCCN)OCC.CCOCCCN.COC(CCCN)OC.COCCCN.COCCN.NCCC1OCCO1. The monoisotopic (exact) mass is 1180 g/mol. The molecule has 0 amide bonds. The van der Waals surface area contributed by atoms with Gasteiger partial charge in [0.15, 0.2) is 24.7 Å². The number of unbranched alkanes of at least 4 members (excludes halogenated alkanes) is 1. The maximum absolute atomic E-state index is 5.36. The van der Waals surface area contributed by atoms with Crippen LogP contribution in [0.25, 0.3) is 0 Å². The first-order valence-electron chi connectivity index (χ1n) is 29.8. The number of methoxy groups -OCH3 is 4. The molecule has 2 saturated heterocycles. The number of rotatable bonds is 39. The van der Waals surface area contributed by atoms with Crippen molar-refractivity contribution in [3.8, 4) is 0 Å². The highest BCUT2D eigenvalue weighted by Crippen LogP contribution is 2.21. The van der Waals surface area contributed by atoms with Crippen LogP contribution in [0.4, 0.5) is 0 Å². The standard InChI is InChI=1S/C8H19NO2.C7H17NO.C6H13NO2.C6H15NO2.2C6H15NO.C5H11NO2.C5H13NO.C4H11NO.C3H9NO/c1-3-10-8(11-4-2)6-5-7-9;1-2-3-6-9-7-4-5-8;1-6(2)8-4-5(3-7)9-6;1-8-6(9-2)4-3-5-7;1-6(2)8-5-3-4-7;1-2-5-8-6-3-4-7;6-2-1-5-7-3-4-8-5;1-2-7-5-3-4-6;1-6-4-2-3-5;1-5-3-2-4/h8H,3-7,9H2,1-2H3;2-8H2,1H3;5H,3-4,7H2,1-2H3;6H,3-5,7H2,1-2H3;6H,3-5,7H2,1-2H3;2-7H2,1H3;5H,1-4,6H2;2-6H2,1H3;2-5H2,1H3;2-4H2,1H3. The van der Waals surface area contributed by atoms with Gasteiger partial charge in [-0.25, -0.2) is 0 Å². The molecule has 0 aromatic rings. The van der Waals surface area contributed by atoms with E-state index in [-0.39, 0.29) is 25.0 Å². The zero-order chi connectivity index (χ0) is 62.4. The predicted molar refractivity (Wildman–Crippen MR) is 330 cm³/mol. The van der Waals surface area contributed by atoms with Crippen LogP contribution in [0.3, 0.4) is 0 Å². The van der Waals surface area contributed by atoms with Crippen molar-refractivity contribution in [3.05, 3.63) is 0 Å². The second-order valence-electron chi connectivity index (χ2n) is 17.7. The topological polar surface area (TPSA) is 389 Å². The minimum Gasteiger partial charge on any atom is -0.385 e. The minimum atomic E-state index is -0.413. The van der Waals surface area contributed by atoms with Gasteiger partial charge in [0.1, 0.15) is 0 Å². The Morgan fingerprint density at radius 3 is 1.20 bits per heavy atom. The highest BCUT2D eigenvalue weighted by Gasteiger charge is 2.31. The molecule has 20 N–H and O–H groups in total. The Morgan fingerprint density at radius 2 is 0.887 bits per heavy atom. The van der Waals surface area contributed by atoms with Crippen LogP contribution >= 0.6 is 0 Å². The Kier molecular flexibility index (Phi) is 109. The summed E-state index contributed by atoms with van der Waals surface area (Å²) in [6, 6.07) is 0. The summed E-state index contributed by atoms with van der Waals surface area (Å²) in [5.74, 6) is -0.413. The van der Waals surface area contributed by atoms with Gasteiger partial charge < -0.3 is 124 Å². The third-order valence-electron chi connectivity index (χ3n) is 9.29. The van der Waals surface area contributed by atoms with Crippen LogP contribution in [-0.2, 0) is 66.3 Å². The highest BCUT2D eigenvalue weighted by atomic mass is 16.7. The summed E-state index contributed by atoms with van der Waals surface area (Å²) in [6.07, 6.45) is 13.2. The summed E-state index contributed by atoms with van der Waals surface area (Å²) in [7, 11) is 6.57. The van der Waals surface area contributed by atoms with Crippen molar-refractivity contribution in [2.45, 2.75) is 183 Å². The molecule has 24 nitrogen and oxygen atoms in total. The Morgan fingerprint density at radius 1 is 0.450 bits per heavy atom. The Balaban J connectivity index is -0.000000121. The number of hydrogen-bond donors (Lipinski definition) is 10. The van der Waals surface area contributed by atoms with Crippen LogP contribution in [0.15, 0.2) is 0 Å². The van der Waals surface area contributed by atoms with E-state index < -0.39 is 5.79 Å². The van der Waals surface area contributed by atoms with Gasteiger partial charge in [0.2, 0.25) is 0 Å². The molecule has 2 rings (SSSR count). The van der Waals surface area contributed by atoms with Gasteiger partial charge in [-0.1, -0.05) is 20.3 Å². The fraction of sp³-hybridized carbons (Fsp3) is 1.00. The summed E-state index contributed by atoms with van der Waals surface area (Å²) in [4.78, 5) is 0. The molecule has 0 saturated carbocycles. The molecular weight excluding hydrogens is 1040 g/mol. The summed E-state index contributed by atoms with van der Waals surface area (Å²) >= 11 is 0. The zero-order valence-corrected chi connectivity index (χ0v) is 54.0. The third kappa shape index (κ3) is 105. The Bertz CT molecular complexity index is 938. The van der Waals surface area contributed by atoms with Gasteiger partial charge >= 0.3 is 0 Å². The van der Waals surface area contributed by atoms with Crippen molar-refractivity contribution in [1.82, 2.24) is 0 Å². The van der Waals surface area contributed by atoms with Crippen LogP contribution < -0.4 is 57.3 Å². The molecule has 1 unspecified atom stereocenters. The highest BCUT2D eigenvalue weighted by molar-refractivity contribution is 4.70. The Hall–Kier alpha value is -0.960. The molecule has 2 aliphatic rings. The van der Waals surface area contributed by atoms with E-state index in [1.165, 1.54) is 12.8 Å². The van der Waals surface area contributed by atoms with E-state index in [2.05, 4.69) is 18.6 Å². The summed E-state index contributed by atoms with van der Waals surface area (Å²) < 4.78 is 71.1. The fourth-order valence-electron chi connectivity index (χ4n) is 5.12. The molecule has 0 spiro atoms. The smallest absolute Gasteiger partial charge is 0.163 e. The van der Waals surface area contributed by atoms with E-state index in [0.717, 1.165) is 169 Å². The van der Waals surface area contributed by atoms with Crippen molar-refractivity contribution in [2.75, 3.05) is 186 Å². The summed E-state index contributed by atoms with van der Waals surface area (Å²) in [6.45, 7) is 35.7. The van der Waals surface area contributed by atoms with Gasteiger partial charge in [-0.15, -0.1) is 0 Å². The second kappa shape index (κ2) is 91.8. The van der Waals surface area contributed by atoms with Gasteiger partial charge in [0, 0.05) is 114 Å². The first kappa shape index (κ1) is 95.4. The van der Waals surface area contributed by atoms with Crippen LogP contribution in [0.1, 0.15) is 146 Å². The average Bonchev–Trinajstić information content (AvgIpc) is 4.12. The van der Waals surface area contributed by atoms with Crippen LogP contribution in [0, 0.1) is 0 Å². The van der Waals surface area contributed by atoms with Gasteiger partial charge in [-0.2, -0.15) is 0 Å². The van der Waals surface area contributed by atoms with Gasteiger partial charge in [0.05, 0.1) is 38.6 Å². The molecule has 496 valence electrons. The maximum Gasteiger partial charge on any atom is 0.163 e. The van der Waals surface area contributed by atoms with Crippen LogP contribution in [-0.4, -0.2) is 223 Å². The second-order valence-corrected chi connectivity index (χ2v) is 17.7. The molecule has 0 aliphatic carbocycles. The molecular formula is C56H138N10O14. The largest absolute Gasteiger partial charge is 0.385 e. The molecule has 0 radical (unpaired) electrons. The third-order valence-corrected chi connectivity index (χ3v) is 9.29. The molecule has 0 aromatic carbocycles. The number of nitrogens with two attached hydrogens (primary N) is 10. The first-order chi connectivity index (χ1) is 38.6. The van der Waals surface area contributed by atoms with Crippen LogP contribution in [0.5, 0.6) is 0 Å². The fourth-order valence-corrected chi connectivity index (χ4v) is 5.12.